The van der Waals surface area contributed by atoms with Crippen molar-refractivity contribution < 1.29 is 19.4 Å². The van der Waals surface area contributed by atoms with Crippen LogP contribution in [-0.4, -0.2) is 23.6 Å². The summed E-state index contributed by atoms with van der Waals surface area (Å²) in [5.41, 5.74) is 2.81. The molecule has 1 aliphatic heterocycles. The molecule has 0 bridgehead atoms. The smallest absolute Gasteiger partial charge is 0.335 e. The Labute approximate surface area is 150 Å². The second kappa shape index (κ2) is 7.57. The van der Waals surface area contributed by atoms with Gasteiger partial charge in [-0.2, -0.15) is 0 Å². The van der Waals surface area contributed by atoms with Crippen molar-refractivity contribution in [3.63, 3.8) is 0 Å². The van der Waals surface area contributed by atoms with E-state index in [1.54, 1.807) is 30.3 Å². The molecule has 0 radical (unpaired) electrons. The Morgan fingerprint density at radius 2 is 2.00 bits per heavy atom. The van der Waals surface area contributed by atoms with Gasteiger partial charge in [-0.3, -0.25) is 4.79 Å². The minimum Gasteiger partial charge on any atom is -0.493 e. The highest BCUT2D eigenvalue weighted by atomic mass is 35.5. The highest BCUT2D eigenvalue weighted by Gasteiger charge is 2.18. The molecule has 0 atom stereocenters. The van der Waals surface area contributed by atoms with Gasteiger partial charge in [-0.1, -0.05) is 29.8 Å². The molecule has 0 aliphatic carbocycles. The van der Waals surface area contributed by atoms with E-state index in [1.807, 2.05) is 6.07 Å². The largest absolute Gasteiger partial charge is 0.493 e. The molecule has 3 rings (SSSR count). The van der Waals surface area contributed by atoms with Crippen molar-refractivity contribution in [2.24, 2.45) is 0 Å². The summed E-state index contributed by atoms with van der Waals surface area (Å²) in [5.74, 6) is -0.324. The highest BCUT2D eigenvalue weighted by Crippen LogP contribution is 2.32. The van der Waals surface area contributed by atoms with Crippen LogP contribution in [0, 0.1) is 0 Å². The molecule has 130 valence electrons. The zero-order valence-corrected chi connectivity index (χ0v) is 14.3. The molecule has 5 nitrogen and oxygen atoms in total. The number of carbonyl (C=O) groups is 2. The summed E-state index contributed by atoms with van der Waals surface area (Å²) in [6, 6.07) is 10.4. The zero-order valence-electron chi connectivity index (χ0n) is 13.5. The van der Waals surface area contributed by atoms with E-state index in [1.165, 1.54) is 0 Å². The van der Waals surface area contributed by atoms with Gasteiger partial charge in [0, 0.05) is 30.0 Å². The number of fused-ring (bicyclic) bond motifs is 1. The molecule has 2 aromatic rings. The Hall–Kier alpha value is -2.53. The number of benzene rings is 2. The topological polar surface area (TPSA) is 75.6 Å². The van der Waals surface area contributed by atoms with Crippen LogP contribution in [0.25, 0.3) is 0 Å². The molecule has 0 spiro atoms. The SMILES string of the molecule is O=C(CCc1ccccc1C(=O)O)NCc1cc(Cl)cc2c1OCC2. The van der Waals surface area contributed by atoms with Crippen LogP contribution < -0.4 is 10.1 Å². The third kappa shape index (κ3) is 4.12. The fourth-order valence-corrected chi connectivity index (χ4v) is 3.22. The van der Waals surface area contributed by atoms with Gasteiger partial charge in [-0.25, -0.2) is 4.79 Å². The number of hydrogen-bond acceptors (Lipinski definition) is 3. The van der Waals surface area contributed by atoms with Gasteiger partial charge in [0.15, 0.2) is 0 Å². The van der Waals surface area contributed by atoms with Crippen LogP contribution in [-0.2, 0) is 24.2 Å². The van der Waals surface area contributed by atoms with Crippen LogP contribution in [0.2, 0.25) is 5.02 Å². The molecule has 0 fully saturated rings. The van der Waals surface area contributed by atoms with Crippen molar-refractivity contribution in [1.29, 1.82) is 0 Å². The molecule has 25 heavy (non-hydrogen) atoms. The maximum absolute atomic E-state index is 12.1. The van der Waals surface area contributed by atoms with Crippen molar-refractivity contribution in [2.75, 3.05) is 6.61 Å². The van der Waals surface area contributed by atoms with E-state index in [4.69, 9.17) is 16.3 Å². The van der Waals surface area contributed by atoms with E-state index in [0.29, 0.717) is 30.2 Å². The fourth-order valence-electron chi connectivity index (χ4n) is 2.95. The van der Waals surface area contributed by atoms with E-state index in [0.717, 1.165) is 23.3 Å². The number of aromatic carboxylic acids is 1. The Balaban J connectivity index is 1.59. The number of aryl methyl sites for hydroxylation is 1. The lowest BCUT2D eigenvalue weighted by atomic mass is 10.0. The first kappa shape index (κ1) is 17.3. The minimum atomic E-state index is -0.984. The van der Waals surface area contributed by atoms with Gasteiger partial charge in [0.2, 0.25) is 5.91 Å². The Morgan fingerprint density at radius 1 is 1.20 bits per heavy atom. The van der Waals surface area contributed by atoms with Crippen molar-refractivity contribution in [2.45, 2.75) is 25.8 Å². The molecule has 1 amide bonds. The second-order valence-electron chi connectivity index (χ2n) is 5.89. The number of carboxylic acids is 1. The maximum Gasteiger partial charge on any atom is 0.335 e. The van der Waals surface area contributed by atoms with Gasteiger partial charge in [0.05, 0.1) is 12.2 Å². The average Bonchev–Trinajstić information content (AvgIpc) is 3.06. The van der Waals surface area contributed by atoms with Crippen LogP contribution in [0.5, 0.6) is 5.75 Å². The normalized spacial score (nSPS) is 12.4. The molecule has 6 heteroatoms. The van der Waals surface area contributed by atoms with E-state index in [-0.39, 0.29) is 17.9 Å². The summed E-state index contributed by atoms with van der Waals surface area (Å²) in [5, 5.41) is 12.6. The molecule has 2 N–H and O–H groups in total. The highest BCUT2D eigenvalue weighted by molar-refractivity contribution is 6.30. The quantitative estimate of drug-likeness (QED) is 0.830. The van der Waals surface area contributed by atoms with Crippen LogP contribution in [0.4, 0.5) is 0 Å². The van der Waals surface area contributed by atoms with Crippen molar-refractivity contribution in [1.82, 2.24) is 5.32 Å². The molecular formula is C19H18ClNO4. The molecule has 0 saturated carbocycles. The number of nitrogens with one attached hydrogen (secondary N) is 1. The summed E-state index contributed by atoms with van der Waals surface area (Å²) in [4.78, 5) is 23.3. The van der Waals surface area contributed by atoms with Crippen LogP contribution in [0.15, 0.2) is 36.4 Å². The van der Waals surface area contributed by atoms with Crippen molar-refractivity contribution >= 4 is 23.5 Å². The number of hydrogen-bond donors (Lipinski definition) is 2. The van der Waals surface area contributed by atoms with Gasteiger partial charge >= 0.3 is 5.97 Å². The Kier molecular flexibility index (Phi) is 5.24. The van der Waals surface area contributed by atoms with Gasteiger partial charge in [-0.15, -0.1) is 0 Å². The summed E-state index contributed by atoms with van der Waals surface area (Å²) in [6.07, 6.45) is 1.41. The van der Waals surface area contributed by atoms with E-state index >= 15 is 0 Å². The first-order chi connectivity index (χ1) is 12.0. The van der Waals surface area contributed by atoms with E-state index in [9.17, 15) is 14.7 Å². The van der Waals surface area contributed by atoms with Crippen LogP contribution in [0.1, 0.15) is 33.5 Å². The number of halogens is 1. The summed E-state index contributed by atoms with van der Waals surface area (Å²) in [7, 11) is 0. The van der Waals surface area contributed by atoms with E-state index in [2.05, 4.69) is 5.32 Å². The fraction of sp³-hybridized carbons (Fsp3) is 0.263. The standard InChI is InChI=1S/C19H18ClNO4/c20-15-9-13-7-8-25-18(13)14(10-15)11-21-17(22)6-5-12-3-1-2-4-16(12)19(23)24/h1-4,9-10H,5-8,11H2,(H,21,22)(H,23,24). The molecular weight excluding hydrogens is 342 g/mol. The van der Waals surface area contributed by atoms with Gasteiger partial charge in [-0.05, 0) is 35.7 Å². The molecule has 0 unspecified atom stereocenters. The van der Waals surface area contributed by atoms with Gasteiger partial charge < -0.3 is 15.2 Å². The number of carbonyl (C=O) groups excluding carboxylic acids is 1. The number of rotatable bonds is 6. The Bertz CT molecular complexity index is 819. The third-order valence-corrected chi connectivity index (χ3v) is 4.39. The lowest BCUT2D eigenvalue weighted by Gasteiger charge is -2.11. The lowest BCUT2D eigenvalue weighted by molar-refractivity contribution is -0.121. The van der Waals surface area contributed by atoms with Crippen molar-refractivity contribution in [3.8, 4) is 5.75 Å². The third-order valence-electron chi connectivity index (χ3n) is 4.17. The number of carboxylic acid groups (broad SMARTS) is 1. The summed E-state index contributed by atoms with van der Waals surface area (Å²) in [6.45, 7) is 0.963. The molecule has 2 aromatic carbocycles. The van der Waals surface area contributed by atoms with E-state index < -0.39 is 5.97 Å². The summed E-state index contributed by atoms with van der Waals surface area (Å²) >= 11 is 6.11. The first-order valence-electron chi connectivity index (χ1n) is 8.06. The predicted molar refractivity (Wildman–Crippen MR) is 94.2 cm³/mol. The first-order valence-corrected chi connectivity index (χ1v) is 8.44. The molecule has 0 saturated heterocycles. The predicted octanol–water partition coefficient (Wildman–Crippen LogP) is 3.22. The molecule has 0 aromatic heterocycles. The number of ether oxygens (including phenoxy) is 1. The Morgan fingerprint density at radius 3 is 2.80 bits per heavy atom. The lowest BCUT2D eigenvalue weighted by Crippen LogP contribution is -2.23. The number of amides is 1. The van der Waals surface area contributed by atoms with Gasteiger partial charge in [0.1, 0.15) is 5.75 Å². The second-order valence-corrected chi connectivity index (χ2v) is 6.33. The monoisotopic (exact) mass is 359 g/mol. The van der Waals surface area contributed by atoms with Crippen molar-refractivity contribution in [3.05, 3.63) is 63.7 Å². The summed E-state index contributed by atoms with van der Waals surface area (Å²) < 4.78 is 5.61. The molecule has 1 aliphatic rings. The molecule has 1 heterocycles. The average molecular weight is 360 g/mol. The van der Waals surface area contributed by atoms with Crippen LogP contribution >= 0.6 is 11.6 Å². The maximum atomic E-state index is 12.1. The van der Waals surface area contributed by atoms with Crippen LogP contribution in [0.3, 0.4) is 0 Å². The zero-order chi connectivity index (χ0) is 17.8. The minimum absolute atomic E-state index is 0.146. The van der Waals surface area contributed by atoms with Gasteiger partial charge in [0.25, 0.3) is 0 Å².